The number of nitrogens with one attached hydrogen (secondary N) is 1. The molecule has 0 atom stereocenters. The van der Waals surface area contributed by atoms with Crippen LogP contribution in [-0.4, -0.2) is 24.4 Å². The normalized spacial score (nSPS) is 16.0. The topological polar surface area (TPSA) is 41.5 Å². The van der Waals surface area contributed by atoms with Gasteiger partial charge in [0.15, 0.2) is 0 Å². The van der Waals surface area contributed by atoms with Gasteiger partial charge in [-0.2, -0.15) is 0 Å². The quantitative estimate of drug-likeness (QED) is 0.846. The Kier molecular flexibility index (Phi) is 2.71. The van der Waals surface area contributed by atoms with Gasteiger partial charge in [-0.25, -0.2) is 0 Å². The molecule has 1 fully saturated rings. The first-order valence-corrected chi connectivity index (χ1v) is 5.85. The average Bonchev–Trinajstić information content (AvgIpc) is 2.30. The van der Waals surface area contributed by atoms with Gasteiger partial charge in [0.2, 0.25) is 0 Å². The zero-order chi connectivity index (χ0) is 11.7. The van der Waals surface area contributed by atoms with Crippen LogP contribution in [0.25, 0.3) is 10.8 Å². The van der Waals surface area contributed by atoms with Crippen LogP contribution in [0.1, 0.15) is 5.56 Å². The summed E-state index contributed by atoms with van der Waals surface area (Å²) in [6.45, 7) is 2.22. The van der Waals surface area contributed by atoms with Crippen molar-refractivity contribution in [2.75, 3.05) is 13.2 Å². The molecule has 1 aliphatic rings. The maximum absolute atomic E-state index is 9.94. The van der Waals surface area contributed by atoms with Crippen molar-refractivity contribution < 1.29 is 9.84 Å². The SMILES string of the molecule is Oc1ccc2ccccc2c1CNC1COC1. The lowest BCUT2D eigenvalue weighted by Gasteiger charge is -2.27. The second-order valence-electron chi connectivity index (χ2n) is 4.40. The average molecular weight is 229 g/mol. The van der Waals surface area contributed by atoms with Crippen LogP contribution < -0.4 is 5.32 Å². The number of fused-ring (bicyclic) bond motifs is 1. The summed E-state index contributed by atoms with van der Waals surface area (Å²) in [7, 11) is 0. The van der Waals surface area contributed by atoms with Crippen molar-refractivity contribution in [3.8, 4) is 5.75 Å². The molecular weight excluding hydrogens is 214 g/mol. The van der Waals surface area contributed by atoms with Gasteiger partial charge in [0.1, 0.15) is 5.75 Å². The molecule has 1 aliphatic heterocycles. The Labute approximate surface area is 100 Å². The van der Waals surface area contributed by atoms with Gasteiger partial charge in [-0.1, -0.05) is 30.3 Å². The largest absolute Gasteiger partial charge is 0.508 e. The zero-order valence-electron chi connectivity index (χ0n) is 9.52. The molecule has 3 rings (SSSR count). The number of phenols is 1. The fourth-order valence-electron chi connectivity index (χ4n) is 2.11. The van der Waals surface area contributed by atoms with E-state index in [2.05, 4.69) is 11.4 Å². The number of ether oxygens (including phenoxy) is 1. The second-order valence-corrected chi connectivity index (χ2v) is 4.40. The van der Waals surface area contributed by atoms with Crippen LogP contribution in [0.15, 0.2) is 36.4 Å². The molecule has 88 valence electrons. The third-order valence-corrected chi connectivity index (χ3v) is 3.22. The Morgan fingerprint density at radius 3 is 2.76 bits per heavy atom. The predicted octanol–water partition coefficient (Wildman–Crippen LogP) is 2.03. The smallest absolute Gasteiger partial charge is 0.120 e. The molecule has 0 radical (unpaired) electrons. The van der Waals surface area contributed by atoms with Gasteiger partial charge in [0.05, 0.1) is 19.3 Å². The molecule has 3 heteroatoms. The van der Waals surface area contributed by atoms with E-state index >= 15 is 0 Å². The first kappa shape index (κ1) is 10.6. The summed E-state index contributed by atoms with van der Waals surface area (Å²) in [5, 5.41) is 15.6. The molecule has 0 spiro atoms. The van der Waals surface area contributed by atoms with Crippen LogP contribution in [0.4, 0.5) is 0 Å². The third-order valence-electron chi connectivity index (χ3n) is 3.22. The van der Waals surface area contributed by atoms with Crippen LogP contribution in [0.2, 0.25) is 0 Å². The van der Waals surface area contributed by atoms with Crippen LogP contribution >= 0.6 is 0 Å². The van der Waals surface area contributed by atoms with Crippen molar-refractivity contribution in [2.24, 2.45) is 0 Å². The molecule has 0 aliphatic carbocycles. The number of hydrogen-bond donors (Lipinski definition) is 2. The van der Waals surface area contributed by atoms with E-state index in [0.717, 1.165) is 29.5 Å². The van der Waals surface area contributed by atoms with Crippen molar-refractivity contribution in [3.05, 3.63) is 42.0 Å². The lowest BCUT2D eigenvalue weighted by atomic mass is 10.0. The van der Waals surface area contributed by atoms with E-state index in [9.17, 15) is 5.11 Å². The highest BCUT2D eigenvalue weighted by Gasteiger charge is 2.18. The molecule has 0 bridgehead atoms. The van der Waals surface area contributed by atoms with Crippen molar-refractivity contribution in [1.29, 1.82) is 0 Å². The van der Waals surface area contributed by atoms with Crippen LogP contribution in [0, 0.1) is 0 Å². The molecule has 1 saturated heterocycles. The van der Waals surface area contributed by atoms with Gasteiger partial charge in [-0.05, 0) is 16.8 Å². The fraction of sp³-hybridized carbons (Fsp3) is 0.286. The summed E-state index contributed by atoms with van der Waals surface area (Å²) < 4.78 is 5.12. The highest BCUT2D eigenvalue weighted by Crippen LogP contribution is 2.27. The van der Waals surface area contributed by atoms with Crippen molar-refractivity contribution in [2.45, 2.75) is 12.6 Å². The summed E-state index contributed by atoms with van der Waals surface area (Å²) in [5.41, 5.74) is 0.968. The van der Waals surface area contributed by atoms with E-state index in [4.69, 9.17) is 4.74 Å². The highest BCUT2D eigenvalue weighted by atomic mass is 16.5. The molecule has 17 heavy (non-hydrogen) atoms. The number of phenolic OH excluding ortho intramolecular Hbond substituents is 1. The van der Waals surface area contributed by atoms with Crippen LogP contribution in [0.5, 0.6) is 5.75 Å². The van der Waals surface area contributed by atoms with Gasteiger partial charge >= 0.3 is 0 Å². The minimum Gasteiger partial charge on any atom is -0.508 e. The molecule has 2 aromatic rings. The van der Waals surface area contributed by atoms with E-state index in [1.807, 2.05) is 24.3 Å². The zero-order valence-corrected chi connectivity index (χ0v) is 9.52. The number of aromatic hydroxyl groups is 1. The van der Waals surface area contributed by atoms with E-state index < -0.39 is 0 Å². The van der Waals surface area contributed by atoms with Crippen molar-refractivity contribution >= 4 is 10.8 Å². The summed E-state index contributed by atoms with van der Waals surface area (Å²) in [4.78, 5) is 0. The van der Waals surface area contributed by atoms with Crippen molar-refractivity contribution in [1.82, 2.24) is 5.32 Å². The Bertz CT molecular complexity index is 535. The first-order chi connectivity index (χ1) is 8.34. The summed E-state index contributed by atoms with van der Waals surface area (Å²) in [6, 6.07) is 12.2. The van der Waals surface area contributed by atoms with Crippen LogP contribution in [-0.2, 0) is 11.3 Å². The minimum absolute atomic E-state index is 0.358. The van der Waals surface area contributed by atoms with Gasteiger partial charge in [0.25, 0.3) is 0 Å². The molecule has 0 unspecified atom stereocenters. The lowest BCUT2D eigenvalue weighted by molar-refractivity contribution is -0.00580. The first-order valence-electron chi connectivity index (χ1n) is 5.85. The molecule has 2 aromatic carbocycles. The minimum atomic E-state index is 0.358. The number of benzene rings is 2. The Balaban J connectivity index is 1.92. The Hall–Kier alpha value is -1.58. The van der Waals surface area contributed by atoms with Gasteiger partial charge < -0.3 is 15.2 Å². The molecule has 0 saturated carbocycles. The monoisotopic (exact) mass is 229 g/mol. The van der Waals surface area contributed by atoms with E-state index in [1.165, 1.54) is 0 Å². The maximum Gasteiger partial charge on any atom is 0.120 e. The maximum atomic E-state index is 9.94. The molecule has 2 N–H and O–H groups in total. The Morgan fingerprint density at radius 2 is 2.00 bits per heavy atom. The molecule has 1 heterocycles. The molecular formula is C14H15NO2. The van der Waals surface area contributed by atoms with Gasteiger partial charge in [-0.15, -0.1) is 0 Å². The standard InChI is InChI=1S/C14H15NO2/c16-14-6-5-10-3-1-2-4-12(10)13(14)7-15-11-8-17-9-11/h1-6,11,15-16H,7-9H2. The van der Waals surface area contributed by atoms with E-state index in [0.29, 0.717) is 18.3 Å². The number of rotatable bonds is 3. The molecule has 3 nitrogen and oxygen atoms in total. The van der Waals surface area contributed by atoms with Gasteiger partial charge in [-0.3, -0.25) is 0 Å². The highest BCUT2D eigenvalue weighted by molar-refractivity contribution is 5.87. The van der Waals surface area contributed by atoms with Gasteiger partial charge in [0, 0.05) is 12.1 Å². The van der Waals surface area contributed by atoms with E-state index in [1.54, 1.807) is 6.07 Å². The molecule has 0 amide bonds. The third kappa shape index (κ3) is 1.99. The number of hydrogen-bond acceptors (Lipinski definition) is 3. The summed E-state index contributed by atoms with van der Waals surface area (Å²) >= 11 is 0. The summed E-state index contributed by atoms with van der Waals surface area (Å²) in [5.74, 6) is 0.358. The molecule has 0 aromatic heterocycles. The Morgan fingerprint density at radius 1 is 1.18 bits per heavy atom. The second kappa shape index (κ2) is 4.35. The van der Waals surface area contributed by atoms with Crippen molar-refractivity contribution in [3.63, 3.8) is 0 Å². The predicted molar refractivity (Wildman–Crippen MR) is 67.1 cm³/mol. The fourth-order valence-corrected chi connectivity index (χ4v) is 2.11. The van der Waals surface area contributed by atoms with E-state index in [-0.39, 0.29) is 0 Å². The lowest BCUT2D eigenvalue weighted by Crippen LogP contribution is -2.45. The van der Waals surface area contributed by atoms with Crippen LogP contribution in [0.3, 0.4) is 0 Å². The summed E-state index contributed by atoms with van der Waals surface area (Å²) in [6.07, 6.45) is 0.